The molecule has 0 aromatic carbocycles. The number of aryl methyl sites for hydroxylation is 1. The van der Waals surface area contributed by atoms with Gasteiger partial charge in [0.25, 0.3) is 0 Å². The van der Waals surface area contributed by atoms with Gasteiger partial charge in [-0.05, 0) is 6.92 Å². The fraction of sp³-hybridized carbons (Fsp3) is 0.750. The molecule has 0 aliphatic rings. The van der Waals surface area contributed by atoms with Gasteiger partial charge < -0.3 is 19.5 Å². The lowest BCUT2D eigenvalue weighted by Gasteiger charge is -2.06. The van der Waals surface area contributed by atoms with Crippen LogP contribution in [0.5, 0.6) is 0 Å². The Balaban J connectivity index is 1.81. The topological polar surface area (TPSA) is 52.6 Å². The first kappa shape index (κ1) is 15.5. The Morgan fingerprint density at radius 3 is 2.56 bits per heavy atom. The second-order valence-corrected chi connectivity index (χ2v) is 5.06. The molecule has 0 unspecified atom stereocenters. The van der Waals surface area contributed by atoms with Crippen LogP contribution < -0.4 is 5.32 Å². The zero-order valence-corrected chi connectivity index (χ0v) is 11.9. The molecule has 0 saturated carbocycles. The fourth-order valence-corrected chi connectivity index (χ4v) is 2.07. The van der Waals surface area contributed by atoms with Crippen molar-refractivity contribution in [3.05, 3.63) is 16.1 Å². The molecule has 0 amide bonds. The highest BCUT2D eigenvalue weighted by atomic mass is 32.1. The van der Waals surface area contributed by atoms with Crippen LogP contribution >= 0.6 is 11.3 Å². The van der Waals surface area contributed by atoms with Gasteiger partial charge in [-0.3, -0.25) is 0 Å². The van der Waals surface area contributed by atoms with E-state index in [1.54, 1.807) is 18.4 Å². The zero-order valence-electron chi connectivity index (χ0n) is 11.1. The standard InChI is InChI=1S/C12H22N2O3S/c1-11-14-10-12(18-11)9-13-3-4-16-7-8-17-6-5-15-2/h10,13H,3-9H2,1-2H3. The number of nitrogens with one attached hydrogen (secondary N) is 1. The molecule has 0 fully saturated rings. The van der Waals surface area contributed by atoms with Crippen molar-refractivity contribution in [3.8, 4) is 0 Å². The number of rotatable bonds is 11. The van der Waals surface area contributed by atoms with Gasteiger partial charge in [-0.15, -0.1) is 11.3 Å². The second kappa shape index (κ2) is 10.4. The molecule has 0 aliphatic carbocycles. The SMILES string of the molecule is COCCOCCOCCNCc1cnc(C)s1. The first-order chi connectivity index (χ1) is 8.83. The third-order valence-electron chi connectivity index (χ3n) is 2.20. The summed E-state index contributed by atoms with van der Waals surface area (Å²) in [5.74, 6) is 0. The van der Waals surface area contributed by atoms with Crippen LogP contribution in [-0.2, 0) is 20.8 Å². The van der Waals surface area contributed by atoms with E-state index in [0.717, 1.165) is 18.1 Å². The highest BCUT2D eigenvalue weighted by Gasteiger charge is 1.97. The molecule has 1 aromatic heterocycles. The highest BCUT2D eigenvalue weighted by Crippen LogP contribution is 2.10. The van der Waals surface area contributed by atoms with Gasteiger partial charge >= 0.3 is 0 Å². The molecule has 1 aromatic rings. The second-order valence-electron chi connectivity index (χ2n) is 3.74. The van der Waals surface area contributed by atoms with E-state index < -0.39 is 0 Å². The largest absolute Gasteiger partial charge is 0.382 e. The normalized spacial score (nSPS) is 11.0. The molecule has 0 spiro atoms. The number of nitrogens with zero attached hydrogens (tertiary/aromatic N) is 1. The maximum absolute atomic E-state index is 5.42. The molecule has 0 radical (unpaired) electrons. The van der Waals surface area contributed by atoms with Crippen LogP contribution in [-0.4, -0.2) is 51.7 Å². The summed E-state index contributed by atoms with van der Waals surface area (Å²) in [5.41, 5.74) is 0. The van der Waals surface area contributed by atoms with E-state index in [0.29, 0.717) is 33.0 Å². The van der Waals surface area contributed by atoms with Crippen molar-refractivity contribution in [2.24, 2.45) is 0 Å². The highest BCUT2D eigenvalue weighted by molar-refractivity contribution is 7.11. The molecular weight excluding hydrogens is 252 g/mol. The first-order valence-electron chi connectivity index (χ1n) is 6.09. The third-order valence-corrected chi connectivity index (χ3v) is 3.11. The Labute approximate surface area is 112 Å². The van der Waals surface area contributed by atoms with Gasteiger partial charge in [-0.1, -0.05) is 0 Å². The Hall–Kier alpha value is -0.530. The molecule has 0 aliphatic heterocycles. The molecule has 1 rings (SSSR count). The predicted molar refractivity (Wildman–Crippen MR) is 72.1 cm³/mol. The van der Waals surface area contributed by atoms with Crippen LogP contribution in [0.15, 0.2) is 6.20 Å². The van der Waals surface area contributed by atoms with Gasteiger partial charge in [-0.25, -0.2) is 4.98 Å². The van der Waals surface area contributed by atoms with Gasteiger partial charge in [0.2, 0.25) is 0 Å². The van der Waals surface area contributed by atoms with Crippen LogP contribution in [0.4, 0.5) is 0 Å². The first-order valence-corrected chi connectivity index (χ1v) is 6.91. The number of hydrogen-bond donors (Lipinski definition) is 1. The van der Waals surface area contributed by atoms with Gasteiger partial charge in [-0.2, -0.15) is 0 Å². The van der Waals surface area contributed by atoms with Crippen molar-refractivity contribution in [1.82, 2.24) is 10.3 Å². The summed E-state index contributed by atoms with van der Waals surface area (Å²) in [6.45, 7) is 6.93. The molecule has 0 atom stereocenters. The van der Waals surface area contributed by atoms with Crippen LogP contribution in [0.2, 0.25) is 0 Å². The van der Waals surface area contributed by atoms with Crippen molar-refractivity contribution in [2.45, 2.75) is 13.5 Å². The van der Waals surface area contributed by atoms with Crippen LogP contribution in [0.1, 0.15) is 9.88 Å². The fourth-order valence-electron chi connectivity index (χ4n) is 1.31. The summed E-state index contributed by atoms with van der Waals surface area (Å²) < 4.78 is 15.6. The molecule has 104 valence electrons. The van der Waals surface area contributed by atoms with Gasteiger partial charge in [0.05, 0.1) is 38.0 Å². The van der Waals surface area contributed by atoms with E-state index in [9.17, 15) is 0 Å². The van der Waals surface area contributed by atoms with E-state index in [-0.39, 0.29) is 0 Å². The molecule has 5 nitrogen and oxygen atoms in total. The molecule has 0 saturated heterocycles. The van der Waals surface area contributed by atoms with Gasteiger partial charge in [0.15, 0.2) is 0 Å². The summed E-state index contributed by atoms with van der Waals surface area (Å²) in [6, 6.07) is 0. The minimum Gasteiger partial charge on any atom is -0.382 e. The molecular formula is C12H22N2O3S. The van der Waals surface area contributed by atoms with Gasteiger partial charge in [0.1, 0.15) is 0 Å². The quantitative estimate of drug-likeness (QED) is 0.615. The van der Waals surface area contributed by atoms with Crippen LogP contribution in [0.3, 0.4) is 0 Å². The zero-order chi connectivity index (χ0) is 13.1. The Kier molecular flexibility index (Phi) is 8.97. The van der Waals surface area contributed by atoms with Crippen molar-refractivity contribution in [2.75, 3.05) is 46.7 Å². The lowest BCUT2D eigenvalue weighted by molar-refractivity contribution is 0.0255. The maximum atomic E-state index is 5.42. The number of aromatic nitrogens is 1. The average Bonchev–Trinajstić information content (AvgIpc) is 2.77. The summed E-state index contributed by atoms with van der Waals surface area (Å²) in [5, 5.41) is 4.42. The molecule has 18 heavy (non-hydrogen) atoms. The average molecular weight is 274 g/mol. The third kappa shape index (κ3) is 7.73. The summed E-state index contributed by atoms with van der Waals surface area (Å²) in [4.78, 5) is 5.46. The number of hydrogen-bond acceptors (Lipinski definition) is 6. The predicted octanol–water partition coefficient (Wildman–Crippen LogP) is 1.22. The van der Waals surface area contributed by atoms with E-state index >= 15 is 0 Å². The van der Waals surface area contributed by atoms with E-state index in [1.165, 1.54) is 4.88 Å². The molecule has 0 bridgehead atoms. The lowest BCUT2D eigenvalue weighted by atomic mass is 10.5. The number of methoxy groups -OCH3 is 1. The Morgan fingerprint density at radius 2 is 1.89 bits per heavy atom. The summed E-state index contributed by atoms with van der Waals surface area (Å²) in [6.07, 6.45) is 1.91. The van der Waals surface area contributed by atoms with Crippen LogP contribution in [0.25, 0.3) is 0 Å². The Morgan fingerprint density at radius 1 is 1.17 bits per heavy atom. The minimum atomic E-state index is 0.622. The monoisotopic (exact) mass is 274 g/mol. The van der Waals surface area contributed by atoms with Crippen molar-refractivity contribution >= 4 is 11.3 Å². The van der Waals surface area contributed by atoms with E-state index in [4.69, 9.17) is 14.2 Å². The minimum absolute atomic E-state index is 0.622. The number of thiazole rings is 1. The van der Waals surface area contributed by atoms with Gasteiger partial charge in [0, 0.05) is 31.3 Å². The lowest BCUT2D eigenvalue weighted by Crippen LogP contribution is -2.20. The Bertz CT molecular complexity index is 307. The summed E-state index contributed by atoms with van der Waals surface area (Å²) >= 11 is 1.72. The van der Waals surface area contributed by atoms with Crippen molar-refractivity contribution in [1.29, 1.82) is 0 Å². The maximum Gasteiger partial charge on any atom is 0.0897 e. The van der Waals surface area contributed by atoms with Crippen molar-refractivity contribution in [3.63, 3.8) is 0 Å². The van der Waals surface area contributed by atoms with Crippen molar-refractivity contribution < 1.29 is 14.2 Å². The molecule has 6 heteroatoms. The summed E-state index contributed by atoms with van der Waals surface area (Å²) in [7, 11) is 1.66. The molecule has 1 N–H and O–H groups in total. The smallest absolute Gasteiger partial charge is 0.0897 e. The van der Waals surface area contributed by atoms with E-state index in [2.05, 4.69) is 10.3 Å². The number of ether oxygens (including phenoxy) is 3. The molecule has 1 heterocycles. The van der Waals surface area contributed by atoms with E-state index in [1.807, 2.05) is 13.1 Å². The van der Waals surface area contributed by atoms with Crippen LogP contribution in [0, 0.1) is 6.92 Å².